The lowest BCUT2D eigenvalue weighted by atomic mass is 10.0. The highest BCUT2D eigenvalue weighted by atomic mass is 79.9. The van der Waals surface area contributed by atoms with E-state index in [1.54, 1.807) is 0 Å². The van der Waals surface area contributed by atoms with E-state index in [0.29, 0.717) is 5.92 Å². The predicted octanol–water partition coefficient (Wildman–Crippen LogP) is 2.79. The van der Waals surface area contributed by atoms with Gasteiger partial charge in [-0.25, -0.2) is 4.98 Å². The van der Waals surface area contributed by atoms with E-state index in [9.17, 15) is 0 Å². The largest absolute Gasteiger partial charge is 0.381 e. The van der Waals surface area contributed by atoms with Crippen LogP contribution in [0.2, 0.25) is 0 Å². The third-order valence-corrected chi connectivity index (χ3v) is 3.94. The van der Waals surface area contributed by atoms with Crippen LogP contribution in [0.5, 0.6) is 0 Å². The van der Waals surface area contributed by atoms with Gasteiger partial charge in [0.05, 0.1) is 23.5 Å². The predicted molar refractivity (Wildman–Crippen MR) is 75.4 cm³/mol. The van der Waals surface area contributed by atoms with Gasteiger partial charge in [-0.2, -0.15) is 0 Å². The summed E-state index contributed by atoms with van der Waals surface area (Å²) in [5.74, 6) is 5.93. The highest BCUT2D eigenvalue weighted by Gasteiger charge is 2.22. The van der Waals surface area contributed by atoms with Crippen LogP contribution in [0, 0.1) is 0 Å². The van der Waals surface area contributed by atoms with Crippen LogP contribution < -0.4 is 11.3 Å². The molecule has 0 aliphatic carbocycles. The second kappa shape index (κ2) is 4.84. The maximum atomic E-state index is 5.60. The second-order valence-corrected chi connectivity index (χ2v) is 5.29. The summed E-state index contributed by atoms with van der Waals surface area (Å²) in [5.41, 5.74) is 5.60. The fourth-order valence-corrected chi connectivity index (χ4v) is 2.82. The smallest absolute Gasteiger partial charge is 0.0849 e. The number of nitrogen functional groups attached to an aromatic ring is 1. The average molecular weight is 308 g/mol. The number of halogens is 1. The van der Waals surface area contributed by atoms with Gasteiger partial charge in [0.15, 0.2) is 0 Å². The van der Waals surface area contributed by atoms with Gasteiger partial charge in [0, 0.05) is 22.4 Å². The van der Waals surface area contributed by atoms with Gasteiger partial charge in [-0.3, -0.25) is 5.84 Å². The number of nitrogens with two attached hydrogens (primary N) is 1. The Morgan fingerprint density at radius 3 is 3.06 bits per heavy atom. The fraction of sp³-hybridized carbons (Fsp3) is 0.308. The van der Waals surface area contributed by atoms with E-state index >= 15 is 0 Å². The summed E-state index contributed by atoms with van der Waals surface area (Å²) in [7, 11) is 0. The first-order valence-corrected chi connectivity index (χ1v) is 6.72. The van der Waals surface area contributed by atoms with Crippen molar-refractivity contribution >= 4 is 32.5 Å². The van der Waals surface area contributed by atoms with Crippen molar-refractivity contribution < 1.29 is 4.74 Å². The summed E-state index contributed by atoms with van der Waals surface area (Å²) in [6.45, 7) is 1.52. The van der Waals surface area contributed by atoms with Gasteiger partial charge in [0.1, 0.15) is 0 Å². The number of hydrazine groups is 1. The molecule has 4 nitrogen and oxygen atoms in total. The molecule has 0 radical (unpaired) electrons. The standard InChI is InChI=1S/C13H14BrN3O/c14-10-3-1-2-8-6-11(17-15)13(16-12(8)10)9-4-5-18-7-9/h1-3,6,9,17H,4-5,7,15H2. The monoisotopic (exact) mass is 307 g/mol. The molecule has 1 aromatic carbocycles. The van der Waals surface area contributed by atoms with Crippen molar-refractivity contribution in [1.29, 1.82) is 0 Å². The molecule has 3 N–H and O–H groups in total. The Balaban J connectivity index is 2.19. The molecule has 2 heterocycles. The maximum absolute atomic E-state index is 5.60. The molecule has 0 saturated carbocycles. The molecule has 1 aliphatic rings. The number of hydrogen-bond acceptors (Lipinski definition) is 4. The molecule has 0 bridgehead atoms. The molecule has 1 saturated heterocycles. The highest BCUT2D eigenvalue weighted by Crippen LogP contribution is 2.33. The summed E-state index contributed by atoms with van der Waals surface area (Å²) in [5, 5.41) is 1.07. The first-order chi connectivity index (χ1) is 8.79. The number of aromatic nitrogens is 1. The number of para-hydroxylation sites is 1. The van der Waals surface area contributed by atoms with Crippen molar-refractivity contribution in [3.63, 3.8) is 0 Å². The Hall–Kier alpha value is -1.17. The van der Waals surface area contributed by atoms with Crippen LogP contribution in [0.1, 0.15) is 18.0 Å². The van der Waals surface area contributed by atoms with E-state index < -0.39 is 0 Å². The van der Waals surface area contributed by atoms with Crippen LogP contribution in [0.3, 0.4) is 0 Å². The third-order valence-electron chi connectivity index (χ3n) is 3.30. The zero-order chi connectivity index (χ0) is 12.5. The Morgan fingerprint density at radius 2 is 2.33 bits per heavy atom. The second-order valence-electron chi connectivity index (χ2n) is 4.44. The number of fused-ring (bicyclic) bond motifs is 1. The fourth-order valence-electron chi connectivity index (χ4n) is 2.35. The van der Waals surface area contributed by atoms with Crippen LogP contribution in [0.4, 0.5) is 5.69 Å². The van der Waals surface area contributed by atoms with Crippen LogP contribution >= 0.6 is 15.9 Å². The summed E-state index contributed by atoms with van der Waals surface area (Å²) >= 11 is 3.54. The normalized spacial score (nSPS) is 19.3. The molecule has 0 spiro atoms. The van der Waals surface area contributed by atoms with E-state index in [2.05, 4.69) is 21.4 Å². The zero-order valence-corrected chi connectivity index (χ0v) is 11.4. The van der Waals surface area contributed by atoms with Gasteiger partial charge in [-0.1, -0.05) is 12.1 Å². The van der Waals surface area contributed by atoms with Crippen molar-refractivity contribution in [2.45, 2.75) is 12.3 Å². The Morgan fingerprint density at radius 1 is 1.44 bits per heavy atom. The van der Waals surface area contributed by atoms with Crippen LogP contribution in [0.15, 0.2) is 28.7 Å². The minimum absolute atomic E-state index is 0.326. The number of rotatable bonds is 2. The SMILES string of the molecule is NNc1cc2cccc(Br)c2nc1C1CCOC1. The average Bonchev–Trinajstić information content (AvgIpc) is 2.91. The Bertz CT molecular complexity index is 582. The third kappa shape index (κ3) is 1.98. The van der Waals surface area contributed by atoms with Crippen LogP contribution in [0.25, 0.3) is 10.9 Å². The molecule has 0 amide bonds. The molecule has 1 atom stereocenters. The van der Waals surface area contributed by atoms with Gasteiger partial charge in [0.25, 0.3) is 0 Å². The number of nitrogens with zero attached hydrogens (tertiary/aromatic N) is 1. The Labute approximate surface area is 114 Å². The molecule has 5 heteroatoms. The van der Waals surface area contributed by atoms with Gasteiger partial charge in [-0.05, 0) is 34.5 Å². The van der Waals surface area contributed by atoms with E-state index in [-0.39, 0.29) is 0 Å². The summed E-state index contributed by atoms with van der Waals surface area (Å²) < 4.78 is 6.44. The molecule has 2 aromatic rings. The lowest BCUT2D eigenvalue weighted by molar-refractivity contribution is 0.193. The maximum Gasteiger partial charge on any atom is 0.0849 e. The first kappa shape index (κ1) is 11.9. The summed E-state index contributed by atoms with van der Waals surface area (Å²) in [4.78, 5) is 4.76. The molecule has 1 fully saturated rings. The molecular weight excluding hydrogens is 294 g/mol. The molecule has 1 unspecified atom stereocenters. The highest BCUT2D eigenvalue weighted by molar-refractivity contribution is 9.10. The summed E-state index contributed by atoms with van der Waals surface area (Å²) in [6, 6.07) is 8.07. The molecule has 18 heavy (non-hydrogen) atoms. The quantitative estimate of drug-likeness (QED) is 0.661. The van der Waals surface area contributed by atoms with Gasteiger partial charge in [0.2, 0.25) is 0 Å². The number of anilines is 1. The number of benzene rings is 1. The van der Waals surface area contributed by atoms with Gasteiger partial charge < -0.3 is 10.2 Å². The minimum Gasteiger partial charge on any atom is -0.381 e. The molecule has 94 valence electrons. The van der Waals surface area contributed by atoms with Crippen molar-refractivity contribution in [2.75, 3.05) is 18.6 Å². The lowest BCUT2D eigenvalue weighted by Crippen LogP contribution is -2.13. The van der Waals surface area contributed by atoms with E-state index in [1.807, 2.05) is 24.3 Å². The zero-order valence-electron chi connectivity index (χ0n) is 9.82. The van der Waals surface area contributed by atoms with Gasteiger partial charge in [-0.15, -0.1) is 0 Å². The molecule has 1 aromatic heterocycles. The number of pyridine rings is 1. The van der Waals surface area contributed by atoms with Crippen LogP contribution in [-0.2, 0) is 4.74 Å². The number of hydrogen-bond donors (Lipinski definition) is 2. The van der Waals surface area contributed by atoms with Crippen molar-refractivity contribution in [3.05, 3.63) is 34.4 Å². The molecular formula is C13H14BrN3O. The summed E-state index contributed by atoms with van der Waals surface area (Å²) in [6.07, 6.45) is 0.998. The van der Waals surface area contributed by atoms with Crippen molar-refractivity contribution in [2.24, 2.45) is 5.84 Å². The van der Waals surface area contributed by atoms with Crippen LogP contribution in [-0.4, -0.2) is 18.2 Å². The van der Waals surface area contributed by atoms with E-state index in [1.165, 1.54) is 0 Å². The van der Waals surface area contributed by atoms with E-state index in [4.69, 9.17) is 15.6 Å². The Kier molecular flexibility index (Phi) is 3.20. The minimum atomic E-state index is 0.326. The molecule has 1 aliphatic heterocycles. The molecule has 3 rings (SSSR count). The lowest BCUT2D eigenvalue weighted by Gasteiger charge is -2.14. The van der Waals surface area contributed by atoms with Crippen molar-refractivity contribution in [1.82, 2.24) is 4.98 Å². The number of nitrogens with one attached hydrogen (secondary N) is 1. The van der Waals surface area contributed by atoms with Gasteiger partial charge >= 0.3 is 0 Å². The van der Waals surface area contributed by atoms with E-state index in [0.717, 1.165) is 46.4 Å². The number of ether oxygens (including phenoxy) is 1. The van der Waals surface area contributed by atoms with Crippen molar-refractivity contribution in [3.8, 4) is 0 Å². The first-order valence-electron chi connectivity index (χ1n) is 5.93. The topological polar surface area (TPSA) is 60.2 Å².